The van der Waals surface area contributed by atoms with Crippen molar-refractivity contribution in [1.29, 1.82) is 0 Å². The summed E-state index contributed by atoms with van der Waals surface area (Å²) >= 11 is 0. The summed E-state index contributed by atoms with van der Waals surface area (Å²) < 4.78 is 6.46. The molecule has 4 heteroatoms. The minimum absolute atomic E-state index is 0.0617. The predicted octanol–water partition coefficient (Wildman–Crippen LogP) is 4.38. The third-order valence-corrected chi connectivity index (χ3v) is 8.63. The number of nitrogens with one attached hydrogen (secondary N) is 1. The lowest BCUT2D eigenvalue weighted by Gasteiger charge is -2.54. The summed E-state index contributed by atoms with van der Waals surface area (Å²) in [5.41, 5.74) is 1.27. The normalized spacial score (nSPS) is 37.4. The molecule has 0 unspecified atom stereocenters. The topological polar surface area (TPSA) is 41.6 Å². The number of hydrogen-bond acceptors (Lipinski definition) is 2. The number of amides is 2. The predicted molar refractivity (Wildman–Crippen MR) is 108 cm³/mol. The Morgan fingerprint density at radius 1 is 0.964 bits per heavy atom. The molecule has 1 saturated heterocycles. The van der Waals surface area contributed by atoms with Gasteiger partial charge in [-0.1, -0.05) is 18.2 Å². The molecule has 4 bridgehead atoms. The van der Waals surface area contributed by atoms with Crippen LogP contribution in [0.2, 0.25) is 0 Å². The number of aryl methyl sites for hydroxylation is 1. The standard InChI is InChI=1S/C24H32N2O2/c27-23(25-22-19-12-16-11-17(14-19)15-20(22)13-16)26-9-7-24(8-10-26)6-5-18-3-1-2-4-21(18)28-24/h1-4,16-17,19-20,22H,5-15H2,(H,25,27). The third-order valence-electron chi connectivity index (χ3n) is 8.63. The van der Waals surface area contributed by atoms with E-state index in [1.54, 1.807) is 0 Å². The Balaban J connectivity index is 1.08. The average Bonchev–Trinajstić information content (AvgIpc) is 2.70. The highest BCUT2D eigenvalue weighted by Gasteiger charge is 2.49. The van der Waals surface area contributed by atoms with Crippen LogP contribution in [0.15, 0.2) is 24.3 Å². The number of nitrogens with zero attached hydrogens (tertiary/aromatic N) is 1. The van der Waals surface area contributed by atoms with Gasteiger partial charge in [0.15, 0.2) is 0 Å². The molecule has 1 aromatic carbocycles. The number of rotatable bonds is 1. The van der Waals surface area contributed by atoms with Gasteiger partial charge in [-0.3, -0.25) is 0 Å². The molecule has 7 rings (SSSR count). The molecule has 5 fully saturated rings. The average molecular weight is 381 g/mol. The van der Waals surface area contributed by atoms with Crippen molar-refractivity contribution in [2.75, 3.05) is 13.1 Å². The number of ether oxygens (including phenoxy) is 1. The van der Waals surface area contributed by atoms with Crippen molar-refractivity contribution in [1.82, 2.24) is 10.2 Å². The van der Waals surface area contributed by atoms with Gasteiger partial charge in [0.1, 0.15) is 11.4 Å². The fourth-order valence-electron chi connectivity index (χ4n) is 7.32. The van der Waals surface area contributed by atoms with Crippen LogP contribution in [0, 0.1) is 23.7 Å². The molecule has 4 aliphatic carbocycles. The van der Waals surface area contributed by atoms with Gasteiger partial charge in [0.2, 0.25) is 0 Å². The van der Waals surface area contributed by atoms with Crippen LogP contribution in [0.25, 0.3) is 0 Å². The van der Waals surface area contributed by atoms with Crippen LogP contribution in [-0.2, 0) is 6.42 Å². The molecule has 0 aromatic heterocycles. The second-order valence-corrected chi connectivity index (χ2v) is 10.3. The lowest BCUT2D eigenvalue weighted by Crippen LogP contribution is -2.59. The Morgan fingerprint density at radius 2 is 1.64 bits per heavy atom. The van der Waals surface area contributed by atoms with E-state index in [9.17, 15) is 4.79 Å². The van der Waals surface area contributed by atoms with Crippen LogP contribution in [0.5, 0.6) is 5.75 Å². The summed E-state index contributed by atoms with van der Waals surface area (Å²) in [7, 11) is 0. The van der Waals surface area contributed by atoms with E-state index < -0.39 is 0 Å². The largest absolute Gasteiger partial charge is 0.487 e. The van der Waals surface area contributed by atoms with Crippen LogP contribution in [0.1, 0.15) is 56.9 Å². The Morgan fingerprint density at radius 3 is 2.36 bits per heavy atom. The first-order chi connectivity index (χ1) is 13.7. The lowest BCUT2D eigenvalue weighted by atomic mass is 9.54. The van der Waals surface area contributed by atoms with Crippen molar-refractivity contribution < 1.29 is 9.53 Å². The molecular weight excluding hydrogens is 348 g/mol. The fraction of sp³-hybridized carbons (Fsp3) is 0.708. The van der Waals surface area contributed by atoms with Crippen molar-refractivity contribution in [3.8, 4) is 5.75 Å². The second kappa shape index (κ2) is 6.40. The van der Waals surface area contributed by atoms with Gasteiger partial charge in [-0.2, -0.15) is 0 Å². The van der Waals surface area contributed by atoms with Crippen LogP contribution in [0.3, 0.4) is 0 Å². The Hall–Kier alpha value is -1.71. The van der Waals surface area contributed by atoms with E-state index >= 15 is 0 Å². The molecular formula is C24H32N2O2. The number of piperidine rings is 1. The van der Waals surface area contributed by atoms with E-state index in [0.29, 0.717) is 6.04 Å². The summed E-state index contributed by atoms with van der Waals surface area (Å²) in [6.45, 7) is 1.64. The molecule has 28 heavy (non-hydrogen) atoms. The highest BCUT2D eigenvalue weighted by molar-refractivity contribution is 5.74. The van der Waals surface area contributed by atoms with E-state index in [2.05, 4.69) is 34.5 Å². The Labute approximate surface area is 168 Å². The number of hydrogen-bond donors (Lipinski definition) is 1. The summed E-state index contributed by atoms with van der Waals surface area (Å²) in [6.07, 6.45) is 11.0. The second-order valence-electron chi connectivity index (χ2n) is 10.3. The first kappa shape index (κ1) is 17.2. The van der Waals surface area contributed by atoms with E-state index in [4.69, 9.17) is 4.74 Å². The molecule has 2 aliphatic heterocycles. The number of benzene rings is 1. The van der Waals surface area contributed by atoms with Gasteiger partial charge in [-0.05, 0) is 80.2 Å². The molecule has 1 aromatic rings. The SMILES string of the molecule is O=C(NC1C2CC3CC(C2)CC1C3)N1CCC2(CCc3ccccc3O2)CC1. The number of carbonyl (C=O) groups excluding carboxylic acids is 1. The first-order valence-corrected chi connectivity index (χ1v) is 11.5. The van der Waals surface area contributed by atoms with Gasteiger partial charge in [0, 0.05) is 32.0 Å². The zero-order valence-electron chi connectivity index (χ0n) is 16.7. The maximum Gasteiger partial charge on any atom is 0.317 e. The first-order valence-electron chi connectivity index (χ1n) is 11.5. The molecule has 0 radical (unpaired) electrons. The molecule has 6 aliphatic rings. The lowest BCUT2D eigenvalue weighted by molar-refractivity contribution is -0.0188. The smallest absolute Gasteiger partial charge is 0.317 e. The van der Waals surface area contributed by atoms with Crippen molar-refractivity contribution in [3.63, 3.8) is 0 Å². The van der Waals surface area contributed by atoms with Crippen molar-refractivity contribution in [3.05, 3.63) is 29.8 Å². The minimum Gasteiger partial charge on any atom is -0.487 e. The Bertz CT molecular complexity index is 740. The molecule has 1 N–H and O–H groups in total. The van der Waals surface area contributed by atoms with E-state index in [-0.39, 0.29) is 11.6 Å². The van der Waals surface area contributed by atoms with Crippen molar-refractivity contribution in [2.45, 2.75) is 69.4 Å². The number of fused-ring (bicyclic) bond motifs is 1. The number of urea groups is 1. The number of carbonyl (C=O) groups is 1. The molecule has 0 atom stereocenters. The molecule has 2 amide bonds. The Kier molecular flexibility index (Phi) is 3.92. The summed E-state index contributed by atoms with van der Waals surface area (Å²) in [6, 6.07) is 9.05. The van der Waals surface area contributed by atoms with Crippen LogP contribution >= 0.6 is 0 Å². The number of para-hydroxylation sites is 1. The van der Waals surface area contributed by atoms with Gasteiger partial charge in [0.25, 0.3) is 0 Å². The third kappa shape index (κ3) is 2.83. The minimum atomic E-state index is -0.0617. The quantitative estimate of drug-likeness (QED) is 0.785. The van der Waals surface area contributed by atoms with E-state index in [1.165, 1.54) is 37.7 Å². The maximum atomic E-state index is 13.0. The van der Waals surface area contributed by atoms with Crippen molar-refractivity contribution in [2.24, 2.45) is 23.7 Å². The van der Waals surface area contributed by atoms with E-state index in [0.717, 1.165) is 68.2 Å². The monoisotopic (exact) mass is 380 g/mol. The van der Waals surface area contributed by atoms with Gasteiger partial charge in [-0.25, -0.2) is 4.79 Å². The zero-order valence-corrected chi connectivity index (χ0v) is 16.7. The summed E-state index contributed by atoms with van der Waals surface area (Å²) in [5.74, 6) is 4.46. The van der Waals surface area contributed by atoms with Gasteiger partial charge >= 0.3 is 6.03 Å². The molecule has 150 valence electrons. The van der Waals surface area contributed by atoms with E-state index in [1.807, 2.05) is 0 Å². The van der Waals surface area contributed by atoms with Crippen LogP contribution in [-0.4, -0.2) is 35.7 Å². The highest BCUT2D eigenvalue weighted by Crippen LogP contribution is 2.53. The van der Waals surface area contributed by atoms with Gasteiger partial charge in [-0.15, -0.1) is 0 Å². The maximum absolute atomic E-state index is 13.0. The molecule has 1 spiro atoms. The van der Waals surface area contributed by atoms with Crippen LogP contribution < -0.4 is 10.1 Å². The summed E-state index contributed by atoms with van der Waals surface area (Å²) in [4.78, 5) is 15.1. The van der Waals surface area contributed by atoms with Crippen molar-refractivity contribution >= 4 is 6.03 Å². The zero-order chi connectivity index (χ0) is 18.7. The fourth-order valence-corrected chi connectivity index (χ4v) is 7.32. The summed E-state index contributed by atoms with van der Waals surface area (Å²) in [5, 5.41) is 3.48. The van der Waals surface area contributed by atoms with Gasteiger partial charge < -0.3 is 15.0 Å². The molecule has 4 saturated carbocycles. The molecule has 4 nitrogen and oxygen atoms in total. The van der Waals surface area contributed by atoms with Gasteiger partial charge in [0.05, 0.1) is 0 Å². The number of likely N-dealkylation sites (tertiary alicyclic amines) is 1. The highest BCUT2D eigenvalue weighted by atomic mass is 16.5. The molecule has 2 heterocycles. The van der Waals surface area contributed by atoms with Crippen LogP contribution in [0.4, 0.5) is 4.79 Å².